The molecule has 1 aromatic carbocycles. The normalized spacial score (nSPS) is 19.2. The molecule has 5 nitrogen and oxygen atoms in total. The molecule has 25 heavy (non-hydrogen) atoms. The third kappa shape index (κ3) is 5.85. The highest BCUT2D eigenvalue weighted by molar-refractivity contribution is 5.74. The summed E-state index contributed by atoms with van der Waals surface area (Å²) >= 11 is 0. The SMILES string of the molecule is CC(C)(C)OC(=O)C[N+]1(CC(=O)OC(C)(C)C)C[C@@H]1c1ccccc1. The van der Waals surface area contributed by atoms with Gasteiger partial charge in [-0.25, -0.2) is 9.59 Å². The molecule has 1 aliphatic heterocycles. The van der Waals surface area contributed by atoms with Gasteiger partial charge in [-0.15, -0.1) is 0 Å². The summed E-state index contributed by atoms with van der Waals surface area (Å²) in [5.74, 6) is -0.566. The molecule has 1 fully saturated rings. The van der Waals surface area contributed by atoms with Crippen molar-refractivity contribution < 1.29 is 23.5 Å². The first kappa shape index (κ1) is 19.4. The van der Waals surface area contributed by atoms with Crippen LogP contribution in [0.15, 0.2) is 30.3 Å². The van der Waals surface area contributed by atoms with Crippen LogP contribution in [0.3, 0.4) is 0 Å². The van der Waals surface area contributed by atoms with E-state index in [4.69, 9.17) is 9.47 Å². The number of esters is 2. The van der Waals surface area contributed by atoms with Gasteiger partial charge in [0, 0.05) is 5.56 Å². The standard InChI is InChI=1S/C20H30NO4/c1-19(2,3)24-17(22)13-21(14-18(23)25-20(4,5)6)12-16(21)15-10-8-7-9-11-15/h7-11,16H,12-14H2,1-6H3/q+1/t16-/m1/s1. The average molecular weight is 348 g/mol. The number of carbonyl (C=O) groups excluding carboxylic acids is 2. The Bertz CT molecular complexity index is 595. The van der Waals surface area contributed by atoms with Crippen molar-refractivity contribution in [3.63, 3.8) is 0 Å². The van der Waals surface area contributed by atoms with Crippen molar-refractivity contribution >= 4 is 11.9 Å². The Labute approximate surface area is 150 Å². The van der Waals surface area contributed by atoms with E-state index in [1.54, 1.807) is 0 Å². The highest BCUT2D eigenvalue weighted by Gasteiger charge is 2.58. The van der Waals surface area contributed by atoms with E-state index in [0.717, 1.165) is 12.1 Å². The summed E-state index contributed by atoms with van der Waals surface area (Å²) in [6.45, 7) is 12.2. The Balaban J connectivity index is 2.13. The zero-order valence-electron chi connectivity index (χ0n) is 16.2. The van der Waals surface area contributed by atoms with Crippen molar-refractivity contribution in [1.29, 1.82) is 0 Å². The first-order valence-corrected chi connectivity index (χ1v) is 8.75. The maximum atomic E-state index is 12.4. The number of carbonyl (C=O) groups is 2. The molecule has 1 heterocycles. The fourth-order valence-electron chi connectivity index (χ4n) is 3.06. The molecule has 1 atom stereocenters. The van der Waals surface area contributed by atoms with Gasteiger partial charge >= 0.3 is 11.9 Å². The van der Waals surface area contributed by atoms with Crippen molar-refractivity contribution in [3.8, 4) is 0 Å². The van der Waals surface area contributed by atoms with Crippen molar-refractivity contribution in [1.82, 2.24) is 0 Å². The number of ether oxygens (including phenoxy) is 2. The van der Waals surface area contributed by atoms with E-state index < -0.39 is 11.2 Å². The molecule has 1 aliphatic rings. The van der Waals surface area contributed by atoms with Gasteiger partial charge in [0.1, 0.15) is 17.7 Å². The predicted octanol–water partition coefficient (Wildman–Crippen LogP) is 3.24. The molecule has 138 valence electrons. The Hall–Kier alpha value is -1.88. The van der Waals surface area contributed by atoms with Gasteiger partial charge in [-0.2, -0.15) is 0 Å². The molecule has 0 spiro atoms. The van der Waals surface area contributed by atoms with Gasteiger partial charge in [0.2, 0.25) is 0 Å². The first-order chi connectivity index (χ1) is 11.4. The lowest BCUT2D eigenvalue weighted by molar-refractivity contribution is -0.801. The van der Waals surface area contributed by atoms with Crippen LogP contribution >= 0.6 is 0 Å². The van der Waals surface area contributed by atoms with Crippen LogP contribution in [0.25, 0.3) is 0 Å². The lowest BCUT2D eigenvalue weighted by atomic mass is 10.1. The fraction of sp³-hybridized carbons (Fsp3) is 0.600. The molecular formula is C20H30NO4+. The van der Waals surface area contributed by atoms with E-state index in [1.165, 1.54) is 0 Å². The number of hydrogen-bond donors (Lipinski definition) is 0. The molecule has 0 unspecified atom stereocenters. The lowest BCUT2D eigenvalue weighted by Crippen LogP contribution is -2.42. The minimum Gasteiger partial charge on any atom is -0.456 e. The van der Waals surface area contributed by atoms with E-state index in [0.29, 0.717) is 4.48 Å². The number of hydrogen-bond acceptors (Lipinski definition) is 4. The Morgan fingerprint density at radius 3 is 1.76 bits per heavy atom. The second-order valence-corrected chi connectivity index (χ2v) is 8.82. The molecule has 5 heteroatoms. The van der Waals surface area contributed by atoms with Crippen LogP contribution in [0, 0.1) is 0 Å². The van der Waals surface area contributed by atoms with Crippen molar-refractivity contribution in [2.45, 2.75) is 58.8 Å². The number of nitrogens with zero attached hydrogens (tertiary/aromatic N) is 1. The lowest BCUT2D eigenvalue weighted by Gasteiger charge is -2.25. The van der Waals surface area contributed by atoms with Crippen LogP contribution in [0.5, 0.6) is 0 Å². The van der Waals surface area contributed by atoms with Crippen molar-refractivity contribution in [2.75, 3.05) is 19.6 Å². The van der Waals surface area contributed by atoms with Crippen LogP contribution in [0.2, 0.25) is 0 Å². The van der Waals surface area contributed by atoms with E-state index in [1.807, 2.05) is 71.9 Å². The van der Waals surface area contributed by atoms with Crippen LogP contribution < -0.4 is 0 Å². The molecule has 1 saturated heterocycles. The summed E-state index contributed by atoms with van der Waals surface area (Å²) in [6.07, 6.45) is 0. The van der Waals surface area contributed by atoms with Gasteiger partial charge in [-0.1, -0.05) is 30.3 Å². The summed E-state index contributed by atoms with van der Waals surface area (Å²) in [5.41, 5.74) is 0.0610. The highest BCUT2D eigenvalue weighted by atomic mass is 16.6. The van der Waals surface area contributed by atoms with Gasteiger partial charge in [0.05, 0.1) is 0 Å². The van der Waals surface area contributed by atoms with Crippen LogP contribution in [0.1, 0.15) is 53.1 Å². The predicted molar refractivity (Wildman–Crippen MR) is 95.7 cm³/mol. The molecule has 0 aromatic heterocycles. The third-order valence-corrected chi connectivity index (χ3v) is 3.98. The van der Waals surface area contributed by atoms with Gasteiger partial charge in [0.15, 0.2) is 19.1 Å². The molecule has 0 radical (unpaired) electrons. The fourth-order valence-corrected chi connectivity index (χ4v) is 3.06. The first-order valence-electron chi connectivity index (χ1n) is 8.75. The zero-order chi connectivity index (χ0) is 18.9. The monoisotopic (exact) mass is 348 g/mol. The molecule has 0 aliphatic carbocycles. The summed E-state index contributed by atoms with van der Waals surface area (Å²) in [4.78, 5) is 24.7. The Morgan fingerprint density at radius 2 is 1.36 bits per heavy atom. The molecule has 0 N–H and O–H groups in total. The van der Waals surface area contributed by atoms with Gasteiger partial charge < -0.3 is 9.47 Å². The number of rotatable bonds is 5. The molecule has 0 amide bonds. The quantitative estimate of drug-likeness (QED) is 0.466. The Kier molecular flexibility index (Phi) is 5.28. The highest BCUT2D eigenvalue weighted by Crippen LogP contribution is 2.44. The van der Waals surface area contributed by atoms with Gasteiger partial charge in [0.25, 0.3) is 0 Å². The molecule has 1 aromatic rings. The van der Waals surface area contributed by atoms with Crippen LogP contribution in [-0.4, -0.2) is 47.3 Å². The van der Waals surface area contributed by atoms with Crippen LogP contribution in [-0.2, 0) is 19.1 Å². The largest absolute Gasteiger partial charge is 0.456 e. The zero-order valence-corrected chi connectivity index (χ0v) is 16.2. The summed E-state index contributed by atoms with van der Waals surface area (Å²) in [5, 5.41) is 0. The molecule has 2 rings (SSSR count). The maximum absolute atomic E-state index is 12.4. The number of benzene rings is 1. The molecule has 0 bridgehead atoms. The maximum Gasteiger partial charge on any atom is 0.362 e. The van der Waals surface area contributed by atoms with Crippen LogP contribution in [0.4, 0.5) is 0 Å². The Morgan fingerprint density at radius 1 is 0.920 bits per heavy atom. The van der Waals surface area contributed by atoms with E-state index in [2.05, 4.69) is 0 Å². The minimum absolute atomic E-state index is 0.126. The average Bonchev–Trinajstić information content (AvgIpc) is 3.08. The van der Waals surface area contributed by atoms with E-state index >= 15 is 0 Å². The molecule has 0 saturated carbocycles. The summed E-state index contributed by atoms with van der Waals surface area (Å²) < 4.78 is 11.3. The van der Waals surface area contributed by atoms with Crippen molar-refractivity contribution in [3.05, 3.63) is 35.9 Å². The van der Waals surface area contributed by atoms with E-state index in [9.17, 15) is 9.59 Å². The number of quaternary nitrogens is 1. The second-order valence-electron chi connectivity index (χ2n) is 8.82. The third-order valence-electron chi connectivity index (χ3n) is 3.98. The summed E-state index contributed by atoms with van der Waals surface area (Å²) in [6, 6.07) is 10.1. The minimum atomic E-state index is -0.536. The topological polar surface area (TPSA) is 52.6 Å². The van der Waals surface area contributed by atoms with E-state index in [-0.39, 0.29) is 31.1 Å². The summed E-state index contributed by atoms with van der Waals surface area (Å²) in [7, 11) is 0. The van der Waals surface area contributed by atoms with Gasteiger partial charge in [-0.3, -0.25) is 4.48 Å². The second kappa shape index (κ2) is 6.79. The van der Waals surface area contributed by atoms with Gasteiger partial charge in [-0.05, 0) is 41.5 Å². The van der Waals surface area contributed by atoms with Crippen molar-refractivity contribution in [2.24, 2.45) is 0 Å². The smallest absolute Gasteiger partial charge is 0.362 e. The molecular weight excluding hydrogens is 318 g/mol.